The van der Waals surface area contributed by atoms with E-state index in [2.05, 4.69) is 15.9 Å². The summed E-state index contributed by atoms with van der Waals surface area (Å²) in [5, 5.41) is 0. The molecule has 0 unspecified atom stereocenters. The third-order valence-electron chi connectivity index (χ3n) is 1.41. The molecule has 0 spiro atoms. The van der Waals surface area contributed by atoms with E-state index in [4.69, 9.17) is 16.4 Å². The molecular formula is C11H12BrNO. The molecule has 1 aliphatic rings. The van der Waals surface area contributed by atoms with Crippen molar-refractivity contribution >= 4 is 27.5 Å². The summed E-state index contributed by atoms with van der Waals surface area (Å²) in [7, 11) is 0. The molecule has 0 aliphatic carbocycles. The summed E-state index contributed by atoms with van der Waals surface area (Å²) in [6.45, 7) is -3.50. The molecule has 0 aromatic heterocycles. The first-order chi connectivity index (χ1) is 11.5. The van der Waals surface area contributed by atoms with Crippen LogP contribution in [0.3, 0.4) is 0 Å². The summed E-state index contributed by atoms with van der Waals surface area (Å²) in [6, 6.07) is -3.16. The predicted molar refractivity (Wildman–Crippen MR) is 60.3 cm³/mol. The minimum atomic E-state index is -3.58. The Morgan fingerprint density at radius 1 is 1.36 bits per heavy atom. The quantitative estimate of drug-likeness (QED) is 0.765. The molecule has 14 heavy (non-hydrogen) atoms. The van der Waals surface area contributed by atoms with E-state index in [0.29, 0.717) is 0 Å². The van der Waals surface area contributed by atoms with E-state index in [1.807, 2.05) is 0 Å². The summed E-state index contributed by atoms with van der Waals surface area (Å²) < 4.78 is 93.3. The summed E-state index contributed by atoms with van der Waals surface area (Å²) in [5.41, 5.74) is -0.971. The van der Waals surface area contributed by atoms with Gasteiger partial charge < -0.3 is 4.90 Å². The van der Waals surface area contributed by atoms with E-state index < -0.39 is 61.4 Å². The van der Waals surface area contributed by atoms with Crippen molar-refractivity contribution in [1.82, 2.24) is 0 Å². The molecule has 74 valence electrons. The van der Waals surface area contributed by atoms with E-state index >= 15 is 0 Å². The van der Waals surface area contributed by atoms with E-state index in [1.54, 1.807) is 0 Å². The minimum Gasteiger partial charge on any atom is -0.312 e. The van der Waals surface area contributed by atoms with Crippen molar-refractivity contribution in [3.63, 3.8) is 0 Å². The van der Waals surface area contributed by atoms with Gasteiger partial charge in [-0.2, -0.15) is 0 Å². The van der Waals surface area contributed by atoms with Gasteiger partial charge >= 0.3 is 0 Å². The highest BCUT2D eigenvalue weighted by molar-refractivity contribution is 9.10. The van der Waals surface area contributed by atoms with Crippen LogP contribution in [0, 0.1) is 0 Å². The largest absolute Gasteiger partial charge is 0.312 e. The Morgan fingerprint density at radius 2 is 2.07 bits per heavy atom. The smallest absolute Gasteiger partial charge is 0.226 e. The first kappa shape index (κ1) is 2.85. The molecule has 1 aromatic rings. The number of carbonyl (C=O) groups excluding carboxylic acids is 1. The number of halogens is 1. The Kier molecular flexibility index (Phi) is 0.841. The normalized spacial score (nSPS) is 44.1. The summed E-state index contributed by atoms with van der Waals surface area (Å²) in [5.74, 6) is -1.84. The maximum absolute atomic E-state index is 12.6. The third-order valence-corrected chi connectivity index (χ3v) is 1.80. The van der Waals surface area contributed by atoms with Crippen LogP contribution in [0.4, 0.5) is 5.69 Å². The van der Waals surface area contributed by atoms with Gasteiger partial charge in [0.1, 0.15) is 0 Å². The topological polar surface area (TPSA) is 20.3 Å². The SMILES string of the molecule is [2H]c1c([2H])c(N2C(=O)C([2H])([2H])C([2H])([2H])C([2H])([2H])C2([2H])[2H])c([2H])c([2H])c1Br. The van der Waals surface area contributed by atoms with Gasteiger partial charge in [0.05, 0.1) is 5.48 Å². The van der Waals surface area contributed by atoms with Crippen LogP contribution < -0.4 is 4.90 Å². The van der Waals surface area contributed by atoms with Gasteiger partial charge in [-0.1, -0.05) is 15.9 Å². The second kappa shape index (κ2) is 4.13. The van der Waals surface area contributed by atoms with Crippen molar-refractivity contribution in [3.8, 4) is 0 Å². The van der Waals surface area contributed by atoms with Crippen LogP contribution in [-0.2, 0) is 4.79 Å². The fourth-order valence-electron chi connectivity index (χ4n) is 0.835. The molecule has 1 saturated heterocycles. The molecule has 0 radical (unpaired) electrons. The lowest BCUT2D eigenvalue weighted by molar-refractivity contribution is -0.119. The zero-order valence-corrected chi connectivity index (χ0v) is 8.32. The highest BCUT2D eigenvalue weighted by atomic mass is 79.9. The van der Waals surface area contributed by atoms with E-state index in [1.165, 1.54) is 0 Å². The van der Waals surface area contributed by atoms with Crippen molar-refractivity contribution in [1.29, 1.82) is 0 Å². The molecule has 1 amide bonds. The standard InChI is InChI=1S/C11H12BrNO/c12-9-4-6-10(7-5-9)13-8-2-1-3-11(13)14/h4-7H,1-3,8H2/i1D2,2D2,3D2,4D,5D,6D,7D,8D2. The Bertz CT molecular complexity index is 778. The number of rotatable bonds is 1. The van der Waals surface area contributed by atoms with Gasteiger partial charge in [0.15, 0.2) is 0 Å². The number of nitrogens with zero attached hydrogens (tertiary/aromatic N) is 1. The Labute approximate surface area is 109 Å². The lowest BCUT2D eigenvalue weighted by Gasteiger charge is -2.26. The molecular weight excluding hydrogens is 242 g/mol. The molecule has 2 nitrogen and oxygen atoms in total. The highest BCUT2D eigenvalue weighted by Crippen LogP contribution is 2.22. The van der Waals surface area contributed by atoms with E-state index in [0.717, 1.165) is 0 Å². The Morgan fingerprint density at radius 3 is 2.79 bits per heavy atom. The lowest BCUT2D eigenvalue weighted by Crippen LogP contribution is -2.35. The zero-order chi connectivity index (χ0) is 20.6. The second-order valence-electron chi connectivity index (χ2n) is 2.29. The second-order valence-corrected chi connectivity index (χ2v) is 3.08. The highest BCUT2D eigenvalue weighted by Gasteiger charge is 2.18. The van der Waals surface area contributed by atoms with E-state index in [-0.39, 0.29) is 9.37 Å². The van der Waals surface area contributed by atoms with Crippen LogP contribution in [0.2, 0.25) is 0 Å². The molecule has 3 heteroatoms. The van der Waals surface area contributed by atoms with Gasteiger partial charge in [0.25, 0.3) is 0 Å². The first-order valence-corrected chi connectivity index (χ1v) is 4.36. The fraction of sp³-hybridized carbons (Fsp3) is 0.364. The summed E-state index contributed by atoms with van der Waals surface area (Å²) in [4.78, 5) is 12.4. The number of hydrogen-bond acceptors (Lipinski definition) is 1. The molecule has 1 fully saturated rings. The predicted octanol–water partition coefficient (Wildman–Crippen LogP) is 2.97. The van der Waals surface area contributed by atoms with Crippen molar-refractivity contribution < 1.29 is 21.2 Å². The number of hydrogen-bond donors (Lipinski definition) is 0. The van der Waals surface area contributed by atoms with Gasteiger partial charge in [-0.05, 0) is 36.9 Å². The molecule has 0 bridgehead atoms. The maximum Gasteiger partial charge on any atom is 0.226 e. The first-order valence-electron chi connectivity index (χ1n) is 9.56. The van der Waals surface area contributed by atoms with Gasteiger partial charge in [-0.15, -0.1) is 0 Å². The average Bonchev–Trinajstić information content (AvgIpc) is 2.52. The van der Waals surface area contributed by atoms with Crippen LogP contribution in [0.5, 0.6) is 0 Å². The number of benzene rings is 1. The minimum absolute atomic E-state index is 0.151. The Hall–Kier alpha value is -0.830. The summed E-state index contributed by atoms with van der Waals surface area (Å²) in [6.07, 6.45) is -10.7. The van der Waals surface area contributed by atoms with Crippen LogP contribution in [-0.4, -0.2) is 12.4 Å². The van der Waals surface area contributed by atoms with Crippen LogP contribution in [0.1, 0.15) is 35.6 Å². The van der Waals surface area contributed by atoms with Gasteiger partial charge in [0, 0.05) is 34.0 Å². The third kappa shape index (κ3) is 1.98. The fourth-order valence-corrected chi connectivity index (χ4v) is 1.03. The molecule has 2 rings (SSSR count). The zero-order valence-electron chi connectivity index (χ0n) is 18.7. The molecule has 0 atom stereocenters. The number of piperidine rings is 1. The summed E-state index contributed by atoms with van der Waals surface area (Å²) >= 11 is 2.83. The molecule has 1 heterocycles. The molecule has 0 saturated carbocycles. The van der Waals surface area contributed by atoms with Crippen LogP contribution in [0.25, 0.3) is 0 Å². The molecule has 1 aromatic carbocycles. The molecule has 0 N–H and O–H groups in total. The van der Waals surface area contributed by atoms with Crippen molar-refractivity contribution in [2.75, 3.05) is 11.4 Å². The van der Waals surface area contributed by atoms with Crippen molar-refractivity contribution in [2.24, 2.45) is 0 Å². The molecule has 1 aliphatic heterocycles. The monoisotopic (exact) mass is 265 g/mol. The van der Waals surface area contributed by atoms with E-state index in [9.17, 15) is 4.79 Å². The van der Waals surface area contributed by atoms with Gasteiger partial charge in [-0.25, -0.2) is 0 Å². The average molecular weight is 266 g/mol. The van der Waals surface area contributed by atoms with Crippen LogP contribution in [0.15, 0.2) is 28.6 Å². The van der Waals surface area contributed by atoms with Gasteiger partial charge in [-0.3, -0.25) is 4.79 Å². The number of anilines is 1. The van der Waals surface area contributed by atoms with Crippen molar-refractivity contribution in [3.05, 3.63) is 28.6 Å². The van der Waals surface area contributed by atoms with Gasteiger partial charge in [0.2, 0.25) is 5.91 Å². The number of carbonyl (C=O) groups is 1. The van der Waals surface area contributed by atoms with Crippen molar-refractivity contribution in [2.45, 2.75) is 19.1 Å². The maximum atomic E-state index is 12.6. The lowest BCUT2D eigenvalue weighted by atomic mass is 10.1. The number of amides is 1. The Balaban J connectivity index is 2.93. The van der Waals surface area contributed by atoms with Crippen LogP contribution >= 0.6 is 15.9 Å².